The van der Waals surface area contributed by atoms with Crippen LogP contribution in [0.3, 0.4) is 0 Å². The van der Waals surface area contributed by atoms with E-state index in [0.717, 1.165) is 19.3 Å². The van der Waals surface area contributed by atoms with Crippen molar-refractivity contribution < 1.29 is 0 Å². The van der Waals surface area contributed by atoms with Gasteiger partial charge in [-0.2, -0.15) is 0 Å². The van der Waals surface area contributed by atoms with Gasteiger partial charge in [0, 0.05) is 0 Å². The number of rotatable bonds is 6. The van der Waals surface area contributed by atoms with Crippen LogP contribution < -0.4 is 11.5 Å². The zero-order valence-corrected chi connectivity index (χ0v) is 8.21. The highest BCUT2D eigenvalue weighted by molar-refractivity contribution is 5.75. The van der Waals surface area contributed by atoms with Gasteiger partial charge in [-0.3, -0.25) is 4.99 Å². The van der Waals surface area contributed by atoms with Gasteiger partial charge in [0.2, 0.25) is 0 Å². The number of unbranched alkanes of at least 4 members (excludes halogenated alkanes) is 1. The molecule has 0 bridgehead atoms. The molecule has 0 spiro atoms. The minimum atomic E-state index is 0.226. The van der Waals surface area contributed by atoms with Crippen LogP contribution >= 0.6 is 0 Å². The van der Waals surface area contributed by atoms with E-state index < -0.39 is 0 Å². The topological polar surface area (TPSA) is 64.4 Å². The molecule has 0 heterocycles. The summed E-state index contributed by atoms with van der Waals surface area (Å²) in [4.78, 5) is 4.18. The second-order valence-corrected chi connectivity index (χ2v) is 3.14. The van der Waals surface area contributed by atoms with Gasteiger partial charge in [0.05, 0.1) is 6.04 Å². The van der Waals surface area contributed by atoms with Crippen molar-refractivity contribution in [3.8, 4) is 0 Å². The fourth-order valence-electron chi connectivity index (χ4n) is 1.26. The predicted molar refractivity (Wildman–Crippen MR) is 54.0 cm³/mol. The number of hydrogen-bond donors (Lipinski definition) is 2. The van der Waals surface area contributed by atoms with E-state index in [4.69, 9.17) is 11.5 Å². The molecule has 1 unspecified atom stereocenters. The lowest BCUT2D eigenvalue weighted by molar-refractivity contribution is 0.536. The minimum absolute atomic E-state index is 0.226. The molecule has 4 N–H and O–H groups in total. The predicted octanol–water partition coefficient (Wildman–Crippen LogP) is 1.62. The van der Waals surface area contributed by atoms with E-state index in [2.05, 4.69) is 18.8 Å². The lowest BCUT2D eigenvalue weighted by atomic mass is 10.1. The third kappa shape index (κ3) is 6.01. The second kappa shape index (κ2) is 6.95. The summed E-state index contributed by atoms with van der Waals surface area (Å²) in [5.74, 6) is 0.226. The Hall–Kier alpha value is -0.730. The van der Waals surface area contributed by atoms with Crippen LogP contribution in [0.5, 0.6) is 0 Å². The van der Waals surface area contributed by atoms with Crippen LogP contribution in [0, 0.1) is 0 Å². The standard InChI is InChI=1S/C9H21N3/c1-3-5-7-8(6-4-2)12-9(10)11/h8H,3-7H2,1-2H3,(H4,10,11,12). The molecule has 12 heavy (non-hydrogen) atoms. The zero-order valence-electron chi connectivity index (χ0n) is 8.21. The van der Waals surface area contributed by atoms with Crippen molar-refractivity contribution in [2.24, 2.45) is 16.5 Å². The third-order valence-electron chi connectivity index (χ3n) is 1.84. The highest BCUT2D eigenvalue weighted by Gasteiger charge is 2.04. The number of nitrogens with zero attached hydrogens (tertiary/aromatic N) is 1. The first-order valence-electron chi connectivity index (χ1n) is 4.79. The van der Waals surface area contributed by atoms with E-state index in [-0.39, 0.29) is 5.96 Å². The Kier molecular flexibility index (Phi) is 6.53. The molecule has 0 aliphatic heterocycles. The normalized spacial score (nSPS) is 12.5. The van der Waals surface area contributed by atoms with Crippen molar-refractivity contribution in [1.29, 1.82) is 0 Å². The number of aliphatic imine (C=N–C) groups is 1. The third-order valence-corrected chi connectivity index (χ3v) is 1.84. The Morgan fingerprint density at radius 1 is 1.17 bits per heavy atom. The fraction of sp³-hybridized carbons (Fsp3) is 0.889. The summed E-state index contributed by atoms with van der Waals surface area (Å²) < 4.78 is 0. The molecule has 0 aromatic carbocycles. The summed E-state index contributed by atoms with van der Waals surface area (Å²) in [6.45, 7) is 4.33. The van der Waals surface area contributed by atoms with Crippen LogP contribution in [0.2, 0.25) is 0 Å². The molecule has 0 aliphatic rings. The highest BCUT2D eigenvalue weighted by atomic mass is 15.0. The van der Waals surface area contributed by atoms with Crippen LogP contribution in [0.4, 0.5) is 0 Å². The van der Waals surface area contributed by atoms with E-state index in [0.29, 0.717) is 6.04 Å². The molecular weight excluding hydrogens is 150 g/mol. The molecule has 0 saturated carbocycles. The minimum Gasteiger partial charge on any atom is -0.370 e. The molecule has 0 aromatic rings. The summed E-state index contributed by atoms with van der Waals surface area (Å²) in [7, 11) is 0. The summed E-state index contributed by atoms with van der Waals surface area (Å²) in [6, 6.07) is 0.347. The Balaban J connectivity index is 3.78. The first-order valence-corrected chi connectivity index (χ1v) is 4.79. The maximum atomic E-state index is 5.32. The Morgan fingerprint density at radius 3 is 2.25 bits per heavy atom. The van der Waals surface area contributed by atoms with E-state index in [1.807, 2.05) is 0 Å². The summed E-state index contributed by atoms with van der Waals surface area (Å²) in [6.07, 6.45) is 5.77. The van der Waals surface area contributed by atoms with Crippen LogP contribution in [-0.4, -0.2) is 12.0 Å². The molecule has 0 rings (SSSR count). The maximum Gasteiger partial charge on any atom is 0.186 e. The van der Waals surface area contributed by atoms with Gasteiger partial charge in [0.25, 0.3) is 0 Å². The van der Waals surface area contributed by atoms with Crippen LogP contribution in [0.25, 0.3) is 0 Å². The molecule has 0 radical (unpaired) electrons. The van der Waals surface area contributed by atoms with Crippen LogP contribution in [-0.2, 0) is 0 Å². The molecule has 0 aromatic heterocycles. The van der Waals surface area contributed by atoms with Gasteiger partial charge in [-0.05, 0) is 12.8 Å². The van der Waals surface area contributed by atoms with Crippen molar-refractivity contribution in [1.82, 2.24) is 0 Å². The first-order chi connectivity index (χ1) is 5.70. The van der Waals surface area contributed by atoms with E-state index >= 15 is 0 Å². The number of guanidine groups is 1. The van der Waals surface area contributed by atoms with Gasteiger partial charge in [-0.25, -0.2) is 0 Å². The Labute approximate surface area is 75.2 Å². The van der Waals surface area contributed by atoms with Crippen molar-refractivity contribution >= 4 is 5.96 Å². The molecular formula is C9H21N3. The molecule has 3 heteroatoms. The molecule has 1 atom stereocenters. The maximum absolute atomic E-state index is 5.32. The van der Waals surface area contributed by atoms with Crippen molar-refractivity contribution in [2.45, 2.75) is 52.0 Å². The molecule has 0 fully saturated rings. The largest absolute Gasteiger partial charge is 0.370 e. The fourth-order valence-corrected chi connectivity index (χ4v) is 1.26. The molecule has 0 aliphatic carbocycles. The monoisotopic (exact) mass is 171 g/mol. The van der Waals surface area contributed by atoms with Crippen LogP contribution in [0.1, 0.15) is 46.0 Å². The van der Waals surface area contributed by atoms with Crippen molar-refractivity contribution in [2.75, 3.05) is 0 Å². The summed E-state index contributed by atoms with van der Waals surface area (Å²) in [5, 5.41) is 0. The molecule has 3 nitrogen and oxygen atoms in total. The number of hydrogen-bond acceptors (Lipinski definition) is 1. The molecule has 0 amide bonds. The lowest BCUT2D eigenvalue weighted by Gasteiger charge is -2.10. The van der Waals surface area contributed by atoms with E-state index in [1.165, 1.54) is 12.8 Å². The van der Waals surface area contributed by atoms with E-state index in [9.17, 15) is 0 Å². The number of nitrogens with two attached hydrogens (primary N) is 2. The van der Waals surface area contributed by atoms with Gasteiger partial charge in [0.15, 0.2) is 5.96 Å². The average Bonchev–Trinajstić information content (AvgIpc) is 2.00. The van der Waals surface area contributed by atoms with Gasteiger partial charge < -0.3 is 11.5 Å². The lowest BCUT2D eigenvalue weighted by Crippen LogP contribution is -2.25. The van der Waals surface area contributed by atoms with Gasteiger partial charge in [-0.1, -0.05) is 33.1 Å². The molecule has 0 saturated heterocycles. The first kappa shape index (κ1) is 11.3. The summed E-state index contributed by atoms with van der Waals surface area (Å²) >= 11 is 0. The van der Waals surface area contributed by atoms with Gasteiger partial charge in [0.1, 0.15) is 0 Å². The highest BCUT2D eigenvalue weighted by Crippen LogP contribution is 2.10. The Bertz CT molecular complexity index is 128. The van der Waals surface area contributed by atoms with Crippen molar-refractivity contribution in [3.63, 3.8) is 0 Å². The quantitative estimate of drug-likeness (QED) is 0.471. The zero-order chi connectivity index (χ0) is 9.40. The van der Waals surface area contributed by atoms with Gasteiger partial charge >= 0.3 is 0 Å². The smallest absolute Gasteiger partial charge is 0.186 e. The molecule has 72 valence electrons. The average molecular weight is 171 g/mol. The Morgan fingerprint density at radius 2 is 1.83 bits per heavy atom. The van der Waals surface area contributed by atoms with E-state index in [1.54, 1.807) is 0 Å². The second-order valence-electron chi connectivity index (χ2n) is 3.14. The SMILES string of the molecule is CCCCC(CCC)N=C(N)N. The van der Waals surface area contributed by atoms with Crippen LogP contribution in [0.15, 0.2) is 4.99 Å². The summed E-state index contributed by atoms with van der Waals surface area (Å²) in [5.41, 5.74) is 10.6. The van der Waals surface area contributed by atoms with Crippen molar-refractivity contribution in [3.05, 3.63) is 0 Å². The van der Waals surface area contributed by atoms with Gasteiger partial charge in [-0.15, -0.1) is 0 Å².